The van der Waals surface area contributed by atoms with Crippen LogP contribution in [0.5, 0.6) is 11.5 Å². The maximum Gasteiger partial charge on any atom is 0.239 e. The second-order valence-electron chi connectivity index (χ2n) is 6.61. The van der Waals surface area contributed by atoms with E-state index in [9.17, 15) is 4.79 Å². The highest BCUT2D eigenvalue weighted by Crippen LogP contribution is 2.32. The van der Waals surface area contributed by atoms with E-state index in [0.717, 1.165) is 26.6 Å². The van der Waals surface area contributed by atoms with Gasteiger partial charge in [-0.25, -0.2) is 4.98 Å². The van der Waals surface area contributed by atoms with Gasteiger partial charge < -0.3 is 9.47 Å². The van der Waals surface area contributed by atoms with Crippen LogP contribution in [0.1, 0.15) is 0 Å². The third-order valence-electron chi connectivity index (χ3n) is 4.65. The first-order chi connectivity index (χ1) is 15.2. The van der Waals surface area contributed by atoms with Crippen molar-refractivity contribution in [1.82, 2.24) is 14.8 Å². The molecule has 2 heterocycles. The molecule has 0 bridgehead atoms. The molecule has 4 aromatic rings. The zero-order valence-corrected chi connectivity index (χ0v) is 18.9. The molecule has 7 nitrogen and oxygen atoms in total. The molecule has 0 N–H and O–H groups in total. The van der Waals surface area contributed by atoms with Crippen LogP contribution in [-0.4, -0.2) is 47.2 Å². The Morgan fingerprint density at radius 1 is 1.13 bits per heavy atom. The second kappa shape index (κ2) is 9.84. The van der Waals surface area contributed by atoms with Crippen LogP contribution in [0.4, 0.5) is 5.13 Å². The normalized spacial score (nSPS) is 10.9. The summed E-state index contributed by atoms with van der Waals surface area (Å²) in [6.45, 7) is 1.08. The lowest BCUT2D eigenvalue weighted by Crippen LogP contribution is -2.35. The standard InChI is InChI=1S/C22H22N4O3S2/c1-28-16-4-7-18(8-5-16)30-15-21(27)26(13-12-25-11-3-10-23-25)22-24-19-9-6-17(29-2)14-20(19)31-22/h3-11,14H,12-13,15H2,1-2H3. The van der Waals surface area contributed by atoms with E-state index in [0.29, 0.717) is 24.0 Å². The maximum absolute atomic E-state index is 13.2. The molecule has 0 fully saturated rings. The summed E-state index contributed by atoms with van der Waals surface area (Å²) in [4.78, 5) is 20.6. The summed E-state index contributed by atoms with van der Waals surface area (Å²) in [6.07, 6.45) is 3.62. The molecule has 9 heteroatoms. The van der Waals surface area contributed by atoms with Crippen LogP contribution in [0.25, 0.3) is 10.2 Å². The molecule has 0 atom stereocenters. The molecule has 0 radical (unpaired) electrons. The van der Waals surface area contributed by atoms with Gasteiger partial charge in [0.1, 0.15) is 11.5 Å². The molecule has 1 amide bonds. The summed E-state index contributed by atoms with van der Waals surface area (Å²) in [5, 5.41) is 4.92. The molecule has 0 saturated heterocycles. The molecule has 0 saturated carbocycles. The average molecular weight is 455 g/mol. The fourth-order valence-electron chi connectivity index (χ4n) is 2.99. The Morgan fingerprint density at radius 2 is 1.90 bits per heavy atom. The Balaban J connectivity index is 1.53. The van der Waals surface area contributed by atoms with E-state index in [1.807, 2.05) is 59.4 Å². The third-order valence-corrected chi connectivity index (χ3v) is 6.69. The van der Waals surface area contributed by atoms with Crippen molar-refractivity contribution in [2.24, 2.45) is 0 Å². The Morgan fingerprint density at radius 3 is 2.61 bits per heavy atom. The summed E-state index contributed by atoms with van der Waals surface area (Å²) in [5.74, 6) is 1.87. The number of benzene rings is 2. The van der Waals surface area contributed by atoms with E-state index < -0.39 is 0 Å². The quantitative estimate of drug-likeness (QED) is 0.351. The monoisotopic (exact) mass is 454 g/mol. The molecule has 0 aliphatic heterocycles. The number of ether oxygens (including phenoxy) is 2. The van der Waals surface area contributed by atoms with Crippen molar-refractivity contribution in [1.29, 1.82) is 0 Å². The molecule has 0 aliphatic rings. The van der Waals surface area contributed by atoms with E-state index in [-0.39, 0.29) is 5.91 Å². The molecule has 2 aromatic carbocycles. The summed E-state index contributed by atoms with van der Waals surface area (Å²) in [7, 11) is 3.27. The van der Waals surface area contributed by atoms with E-state index >= 15 is 0 Å². The van der Waals surface area contributed by atoms with Gasteiger partial charge in [0.15, 0.2) is 5.13 Å². The van der Waals surface area contributed by atoms with Gasteiger partial charge in [0.05, 0.1) is 36.7 Å². The zero-order valence-electron chi connectivity index (χ0n) is 17.2. The number of methoxy groups -OCH3 is 2. The number of anilines is 1. The van der Waals surface area contributed by atoms with Gasteiger partial charge in [-0.05, 0) is 48.5 Å². The van der Waals surface area contributed by atoms with Crippen LogP contribution in [0, 0.1) is 0 Å². The molecule has 2 aromatic heterocycles. The maximum atomic E-state index is 13.2. The number of nitrogens with zero attached hydrogens (tertiary/aromatic N) is 4. The average Bonchev–Trinajstić information content (AvgIpc) is 3.47. The van der Waals surface area contributed by atoms with Crippen molar-refractivity contribution < 1.29 is 14.3 Å². The van der Waals surface area contributed by atoms with Crippen LogP contribution in [0.15, 0.2) is 65.8 Å². The first-order valence-corrected chi connectivity index (χ1v) is 11.5. The van der Waals surface area contributed by atoms with E-state index in [2.05, 4.69) is 5.10 Å². The van der Waals surface area contributed by atoms with Crippen molar-refractivity contribution in [3.05, 3.63) is 60.9 Å². The predicted molar refractivity (Wildman–Crippen MR) is 124 cm³/mol. The van der Waals surface area contributed by atoms with Gasteiger partial charge in [-0.1, -0.05) is 11.3 Å². The van der Waals surface area contributed by atoms with Crippen LogP contribution in [0.3, 0.4) is 0 Å². The number of carbonyl (C=O) groups is 1. The SMILES string of the molecule is COc1ccc(SCC(=O)N(CCn2cccn2)c2nc3ccc(OC)cc3s2)cc1. The van der Waals surface area contributed by atoms with Crippen LogP contribution in [0.2, 0.25) is 0 Å². The topological polar surface area (TPSA) is 69.5 Å². The predicted octanol–water partition coefficient (Wildman–Crippen LogP) is 4.34. The Kier molecular flexibility index (Phi) is 6.73. The lowest BCUT2D eigenvalue weighted by Gasteiger charge is -2.19. The first kappa shape index (κ1) is 21.2. The van der Waals surface area contributed by atoms with Crippen LogP contribution >= 0.6 is 23.1 Å². The minimum Gasteiger partial charge on any atom is -0.497 e. The summed E-state index contributed by atoms with van der Waals surface area (Å²) < 4.78 is 13.3. The van der Waals surface area contributed by atoms with E-state index in [4.69, 9.17) is 14.5 Å². The summed E-state index contributed by atoms with van der Waals surface area (Å²) in [5.41, 5.74) is 0.848. The van der Waals surface area contributed by atoms with Gasteiger partial charge in [0, 0.05) is 23.8 Å². The molecule has 0 spiro atoms. The fraction of sp³-hybridized carbons (Fsp3) is 0.227. The Bertz CT molecular complexity index is 1140. The number of amides is 1. The van der Waals surface area contributed by atoms with E-state index in [1.54, 1.807) is 25.3 Å². The van der Waals surface area contributed by atoms with Crippen LogP contribution in [-0.2, 0) is 11.3 Å². The lowest BCUT2D eigenvalue weighted by atomic mass is 10.3. The number of carbonyl (C=O) groups excluding carboxylic acids is 1. The van der Waals surface area contributed by atoms with Gasteiger partial charge in [-0.15, -0.1) is 11.8 Å². The summed E-state index contributed by atoms with van der Waals surface area (Å²) >= 11 is 2.98. The van der Waals surface area contributed by atoms with Crippen molar-refractivity contribution in [3.8, 4) is 11.5 Å². The van der Waals surface area contributed by atoms with Crippen LogP contribution < -0.4 is 14.4 Å². The number of aromatic nitrogens is 3. The van der Waals surface area contributed by atoms with Crippen molar-refractivity contribution >= 4 is 44.4 Å². The van der Waals surface area contributed by atoms with Gasteiger partial charge in [0.2, 0.25) is 5.91 Å². The van der Waals surface area contributed by atoms with Gasteiger partial charge in [-0.2, -0.15) is 5.10 Å². The Hall–Kier alpha value is -3.04. The van der Waals surface area contributed by atoms with Gasteiger partial charge in [-0.3, -0.25) is 14.4 Å². The highest BCUT2D eigenvalue weighted by Gasteiger charge is 2.20. The number of fused-ring (bicyclic) bond motifs is 1. The zero-order chi connectivity index (χ0) is 21.6. The molecule has 31 heavy (non-hydrogen) atoms. The Labute approximate surface area is 188 Å². The van der Waals surface area contributed by atoms with Crippen molar-refractivity contribution in [2.75, 3.05) is 31.4 Å². The minimum atomic E-state index is -0.000930. The minimum absolute atomic E-state index is 0.000930. The van der Waals surface area contributed by atoms with Gasteiger partial charge >= 0.3 is 0 Å². The van der Waals surface area contributed by atoms with Crippen molar-refractivity contribution in [3.63, 3.8) is 0 Å². The van der Waals surface area contributed by atoms with Gasteiger partial charge in [0.25, 0.3) is 0 Å². The highest BCUT2D eigenvalue weighted by atomic mass is 32.2. The molecule has 160 valence electrons. The largest absolute Gasteiger partial charge is 0.497 e. The number of thiazole rings is 1. The fourth-order valence-corrected chi connectivity index (χ4v) is 4.80. The lowest BCUT2D eigenvalue weighted by molar-refractivity contribution is -0.116. The molecule has 4 rings (SSSR count). The smallest absolute Gasteiger partial charge is 0.239 e. The second-order valence-corrected chi connectivity index (χ2v) is 8.67. The molecular weight excluding hydrogens is 432 g/mol. The number of hydrogen-bond donors (Lipinski definition) is 0. The molecule has 0 aliphatic carbocycles. The number of hydrogen-bond acceptors (Lipinski definition) is 7. The van der Waals surface area contributed by atoms with E-state index in [1.165, 1.54) is 23.1 Å². The molecule has 0 unspecified atom stereocenters. The highest BCUT2D eigenvalue weighted by molar-refractivity contribution is 8.00. The number of rotatable bonds is 9. The summed E-state index contributed by atoms with van der Waals surface area (Å²) in [6, 6.07) is 15.3. The first-order valence-electron chi connectivity index (χ1n) is 9.65. The number of thioether (sulfide) groups is 1. The molecular formula is C22H22N4O3S2. The van der Waals surface area contributed by atoms with Crippen molar-refractivity contribution in [2.45, 2.75) is 11.4 Å². The third kappa shape index (κ3) is 5.18.